The van der Waals surface area contributed by atoms with E-state index in [9.17, 15) is 18.1 Å². The monoisotopic (exact) mass is 261 g/mol. The lowest BCUT2D eigenvalue weighted by Gasteiger charge is -2.17. The van der Waals surface area contributed by atoms with Gasteiger partial charge in [-0.1, -0.05) is 11.2 Å². The molecule has 0 N–H and O–H groups in total. The summed E-state index contributed by atoms with van der Waals surface area (Å²) in [5.74, 6) is -1.84. The standard InChI is InChI=1S/C11H13F2NO2S/c1-14(5-6-17(2)16)11(15)9-4-3-8(12)7-10(9)13/h3-4,7H,5-6H2,1-2H3. The lowest BCUT2D eigenvalue weighted by molar-refractivity contribution is 0.0798. The van der Waals surface area contributed by atoms with Gasteiger partial charge in [0.2, 0.25) is 0 Å². The van der Waals surface area contributed by atoms with Crippen LogP contribution in [0.5, 0.6) is 0 Å². The number of rotatable bonds is 4. The Kier molecular flexibility index (Phi) is 4.89. The summed E-state index contributed by atoms with van der Waals surface area (Å²) in [7, 11) is 1.48. The first-order valence-corrected chi connectivity index (χ1v) is 6.65. The molecule has 1 aromatic rings. The van der Waals surface area contributed by atoms with Crippen LogP contribution in [0.4, 0.5) is 8.78 Å². The van der Waals surface area contributed by atoms with Gasteiger partial charge in [-0.2, -0.15) is 0 Å². The molecule has 1 unspecified atom stereocenters. The van der Waals surface area contributed by atoms with Crippen molar-refractivity contribution in [3.8, 4) is 0 Å². The first-order chi connectivity index (χ1) is 7.91. The summed E-state index contributed by atoms with van der Waals surface area (Å²) in [6.45, 7) is 0.263. The van der Waals surface area contributed by atoms with Crippen LogP contribution in [-0.2, 0) is 11.2 Å². The molecule has 0 bridgehead atoms. The summed E-state index contributed by atoms with van der Waals surface area (Å²) in [5.41, 5.74) is -0.184. The Morgan fingerprint density at radius 2 is 2.12 bits per heavy atom. The van der Waals surface area contributed by atoms with Crippen molar-refractivity contribution in [3.63, 3.8) is 0 Å². The normalized spacial score (nSPS) is 12.3. The first kappa shape index (κ1) is 13.9. The molecule has 0 aliphatic rings. The molecule has 0 heterocycles. The fourth-order valence-corrected chi connectivity index (χ4v) is 1.77. The van der Waals surface area contributed by atoms with E-state index in [0.29, 0.717) is 11.8 Å². The summed E-state index contributed by atoms with van der Waals surface area (Å²) in [5, 5.41) is 0. The Balaban J connectivity index is 2.75. The van der Waals surface area contributed by atoms with E-state index < -0.39 is 28.7 Å². The van der Waals surface area contributed by atoms with Gasteiger partial charge in [-0.15, -0.1) is 0 Å². The van der Waals surface area contributed by atoms with Gasteiger partial charge in [0.25, 0.3) is 5.91 Å². The Hall–Kier alpha value is -1.14. The molecule has 1 amide bonds. The molecule has 1 atom stereocenters. The number of carbonyl (C=O) groups excluding carboxylic acids is 1. The summed E-state index contributed by atoms with van der Waals surface area (Å²) >= 11 is -1.02. The van der Waals surface area contributed by atoms with Crippen molar-refractivity contribution in [2.75, 3.05) is 25.6 Å². The molecule has 0 saturated carbocycles. The van der Waals surface area contributed by atoms with E-state index >= 15 is 0 Å². The lowest BCUT2D eigenvalue weighted by atomic mass is 10.2. The smallest absolute Gasteiger partial charge is 0.256 e. The Bertz CT molecular complexity index is 412. The van der Waals surface area contributed by atoms with Gasteiger partial charge in [-0.25, -0.2) is 8.78 Å². The van der Waals surface area contributed by atoms with E-state index in [-0.39, 0.29) is 12.1 Å². The number of hydrogen-bond acceptors (Lipinski definition) is 2. The van der Waals surface area contributed by atoms with E-state index in [2.05, 4.69) is 0 Å². The molecule has 3 nitrogen and oxygen atoms in total. The molecule has 0 fully saturated rings. The molecule has 0 aromatic heterocycles. The molecule has 0 aliphatic carbocycles. The minimum absolute atomic E-state index is 0.184. The highest BCUT2D eigenvalue weighted by molar-refractivity contribution is 7.90. The SMILES string of the molecule is CN(CC[S+](C)[O-])C(=O)c1ccc(F)cc1F. The summed E-state index contributed by atoms with van der Waals surface area (Å²) in [4.78, 5) is 13.0. The third kappa shape index (κ3) is 3.98. The molecular weight excluding hydrogens is 248 g/mol. The average molecular weight is 261 g/mol. The van der Waals surface area contributed by atoms with Crippen molar-refractivity contribution in [3.05, 3.63) is 35.4 Å². The van der Waals surface area contributed by atoms with Gasteiger partial charge >= 0.3 is 0 Å². The molecule has 1 rings (SSSR count). The van der Waals surface area contributed by atoms with Gasteiger partial charge in [-0.3, -0.25) is 4.79 Å². The van der Waals surface area contributed by atoms with Crippen molar-refractivity contribution >= 4 is 17.1 Å². The van der Waals surface area contributed by atoms with Crippen LogP contribution < -0.4 is 0 Å². The molecule has 1 aromatic carbocycles. The molecule has 94 valence electrons. The molecule has 17 heavy (non-hydrogen) atoms. The molecule has 0 aliphatic heterocycles. The maximum Gasteiger partial charge on any atom is 0.256 e. The fraction of sp³-hybridized carbons (Fsp3) is 0.364. The Labute approximate surface area is 102 Å². The van der Waals surface area contributed by atoms with E-state index in [1.54, 1.807) is 0 Å². The minimum atomic E-state index is -1.02. The number of nitrogens with zero attached hydrogens (tertiary/aromatic N) is 1. The van der Waals surface area contributed by atoms with Crippen LogP contribution in [0.15, 0.2) is 18.2 Å². The van der Waals surface area contributed by atoms with Crippen molar-refractivity contribution < 1.29 is 18.1 Å². The molecule has 0 spiro atoms. The predicted octanol–water partition coefficient (Wildman–Crippen LogP) is 1.42. The van der Waals surface area contributed by atoms with Crippen molar-refractivity contribution in [2.45, 2.75) is 0 Å². The van der Waals surface area contributed by atoms with Gasteiger partial charge in [0.05, 0.1) is 18.4 Å². The Morgan fingerprint density at radius 3 is 2.65 bits per heavy atom. The van der Waals surface area contributed by atoms with Crippen LogP contribution in [0.25, 0.3) is 0 Å². The zero-order valence-corrected chi connectivity index (χ0v) is 10.4. The summed E-state index contributed by atoms with van der Waals surface area (Å²) < 4.78 is 36.8. The predicted molar refractivity (Wildman–Crippen MR) is 62.3 cm³/mol. The Morgan fingerprint density at radius 1 is 1.47 bits per heavy atom. The second-order valence-electron chi connectivity index (χ2n) is 3.63. The summed E-state index contributed by atoms with van der Waals surface area (Å²) in [6.07, 6.45) is 1.52. The van der Waals surface area contributed by atoms with Crippen LogP contribution >= 0.6 is 0 Å². The summed E-state index contributed by atoms with van der Waals surface area (Å²) in [6, 6.07) is 2.80. The van der Waals surface area contributed by atoms with E-state index in [1.807, 2.05) is 0 Å². The maximum absolute atomic E-state index is 13.3. The number of amides is 1. The number of hydrogen-bond donors (Lipinski definition) is 0. The van der Waals surface area contributed by atoms with Gasteiger partial charge < -0.3 is 9.45 Å². The first-order valence-electron chi connectivity index (χ1n) is 4.92. The van der Waals surface area contributed by atoms with Gasteiger partial charge in [0, 0.05) is 13.1 Å². The second-order valence-corrected chi connectivity index (χ2v) is 5.18. The number of halogens is 2. The zero-order chi connectivity index (χ0) is 13.0. The van der Waals surface area contributed by atoms with Gasteiger partial charge in [0.1, 0.15) is 17.4 Å². The van der Waals surface area contributed by atoms with Crippen molar-refractivity contribution in [1.29, 1.82) is 0 Å². The fourth-order valence-electron chi connectivity index (χ4n) is 1.24. The van der Waals surface area contributed by atoms with E-state index in [0.717, 1.165) is 12.1 Å². The number of benzene rings is 1. The largest absolute Gasteiger partial charge is 0.617 e. The van der Waals surface area contributed by atoms with Crippen LogP contribution in [0.1, 0.15) is 10.4 Å². The molecule has 6 heteroatoms. The molecular formula is C11H13F2NO2S. The van der Waals surface area contributed by atoms with Gasteiger partial charge in [-0.05, 0) is 12.1 Å². The van der Waals surface area contributed by atoms with Crippen LogP contribution in [0.2, 0.25) is 0 Å². The molecule has 0 radical (unpaired) electrons. The van der Waals surface area contributed by atoms with Crippen molar-refractivity contribution in [2.24, 2.45) is 0 Å². The second kappa shape index (κ2) is 5.97. The van der Waals surface area contributed by atoms with Crippen LogP contribution in [-0.4, -0.2) is 41.0 Å². The quantitative estimate of drug-likeness (QED) is 0.769. The van der Waals surface area contributed by atoms with Crippen LogP contribution in [0, 0.1) is 11.6 Å². The lowest BCUT2D eigenvalue weighted by Crippen LogP contribution is -2.32. The van der Waals surface area contributed by atoms with E-state index in [4.69, 9.17) is 0 Å². The topological polar surface area (TPSA) is 43.4 Å². The zero-order valence-electron chi connectivity index (χ0n) is 9.57. The van der Waals surface area contributed by atoms with Crippen LogP contribution in [0.3, 0.4) is 0 Å². The van der Waals surface area contributed by atoms with Gasteiger partial charge in [0.15, 0.2) is 0 Å². The highest BCUT2D eigenvalue weighted by atomic mass is 32.2. The maximum atomic E-state index is 13.3. The third-order valence-electron chi connectivity index (χ3n) is 2.22. The van der Waals surface area contributed by atoms with Crippen molar-refractivity contribution in [1.82, 2.24) is 4.90 Å². The minimum Gasteiger partial charge on any atom is -0.617 e. The average Bonchev–Trinajstić information content (AvgIpc) is 2.25. The number of carbonyl (C=O) groups is 1. The molecule has 0 saturated heterocycles. The highest BCUT2D eigenvalue weighted by Crippen LogP contribution is 2.11. The van der Waals surface area contributed by atoms with E-state index in [1.165, 1.54) is 18.2 Å². The third-order valence-corrected chi connectivity index (χ3v) is 2.98. The highest BCUT2D eigenvalue weighted by Gasteiger charge is 2.17.